The number of hydrogen-bond acceptors (Lipinski definition) is 4. The molecule has 0 saturated carbocycles. The van der Waals surface area contributed by atoms with Crippen LogP contribution in [0.25, 0.3) is 11.0 Å². The Bertz CT molecular complexity index is 1180. The fourth-order valence-electron chi connectivity index (χ4n) is 4.48. The van der Waals surface area contributed by atoms with Crippen molar-refractivity contribution in [3.8, 4) is 11.5 Å². The molecule has 0 radical (unpaired) electrons. The highest BCUT2D eigenvalue weighted by molar-refractivity contribution is 6.32. The molecular formula is C23H24ClN3O4. The first kappa shape index (κ1) is 20.0. The van der Waals surface area contributed by atoms with Crippen LogP contribution >= 0.6 is 11.6 Å². The van der Waals surface area contributed by atoms with E-state index in [1.165, 1.54) is 0 Å². The number of piperidine rings is 1. The SMILES string of the molecule is O=C(Cc1cc(Cl)c2c(c1)OCCCO2)N1CCC(n2c(=O)[nH]c3ccccc32)CC1. The number of fused-ring (bicyclic) bond motifs is 2. The predicted octanol–water partition coefficient (Wildman–Crippen LogP) is 3.55. The molecule has 1 N–H and O–H groups in total. The number of ether oxygens (including phenoxy) is 2. The van der Waals surface area contributed by atoms with Crippen LogP contribution in [0.4, 0.5) is 0 Å². The van der Waals surface area contributed by atoms with Crippen molar-refractivity contribution in [1.82, 2.24) is 14.5 Å². The van der Waals surface area contributed by atoms with E-state index in [2.05, 4.69) is 4.98 Å². The molecule has 31 heavy (non-hydrogen) atoms. The fraction of sp³-hybridized carbons (Fsp3) is 0.391. The van der Waals surface area contributed by atoms with Crippen LogP contribution in [0.2, 0.25) is 5.02 Å². The van der Waals surface area contributed by atoms with Crippen LogP contribution in [0, 0.1) is 0 Å². The van der Waals surface area contributed by atoms with E-state index in [4.69, 9.17) is 21.1 Å². The first-order chi connectivity index (χ1) is 15.1. The second-order valence-corrected chi connectivity index (χ2v) is 8.47. The van der Waals surface area contributed by atoms with Crippen LogP contribution in [-0.2, 0) is 11.2 Å². The number of nitrogens with one attached hydrogen (secondary N) is 1. The summed E-state index contributed by atoms with van der Waals surface area (Å²) in [5.74, 6) is 1.21. The third kappa shape index (κ3) is 3.90. The first-order valence-electron chi connectivity index (χ1n) is 10.6. The van der Waals surface area contributed by atoms with Gasteiger partial charge in [0, 0.05) is 25.6 Å². The highest BCUT2D eigenvalue weighted by atomic mass is 35.5. The lowest BCUT2D eigenvalue weighted by atomic mass is 10.0. The van der Waals surface area contributed by atoms with Crippen molar-refractivity contribution >= 4 is 28.5 Å². The minimum Gasteiger partial charge on any atom is -0.489 e. The van der Waals surface area contributed by atoms with E-state index in [-0.39, 0.29) is 24.1 Å². The summed E-state index contributed by atoms with van der Waals surface area (Å²) in [5, 5.41) is 0.472. The smallest absolute Gasteiger partial charge is 0.326 e. The highest BCUT2D eigenvalue weighted by Gasteiger charge is 2.26. The number of benzene rings is 2. The number of hydrogen-bond donors (Lipinski definition) is 1. The lowest BCUT2D eigenvalue weighted by Crippen LogP contribution is -2.41. The molecule has 1 amide bonds. The number of carbonyl (C=O) groups is 1. The molecule has 3 aromatic rings. The lowest BCUT2D eigenvalue weighted by molar-refractivity contribution is -0.131. The van der Waals surface area contributed by atoms with Gasteiger partial charge in [-0.15, -0.1) is 0 Å². The number of nitrogens with zero attached hydrogens (tertiary/aromatic N) is 2. The summed E-state index contributed by atoms with van der Waals surface area (Å²) in [5.41, 5.74) is 2.48. The summed E-state index contributed by atoms with van der Waals surface area (Å²) in [6.07, 6.45) is 2.55. The Kier molecular flexibility index (Phi) is 5.36. The Morgan fingerprint density at radius 3 is 2.74 bits per heavy atom. The minimum atomic E-state index is -0.0900. The van der Waals surface area contributed by atoms with Gasteiger partial charge < -0.3 is 19.4 Å². The molecule has 3 heterocycles. The summed E-state index contributed by atoms with van der Waals surface area (Å²) >= 11 is 6.36. The molecule has 7 nitrogen and oxygen atoms in total. The number of halogens is 1. The van der Waals surface area contributed by atoms with Crippen LogP contribution in [0.1, 0.15) is 30.9 Å². The number of imidazole rings is 1. The Morgan fingerprint density at radius 1 is 1.13 bits per heavy atom. The number of para-hydroxylation sites is 2. The Labute approximate surface area is 184 Å². The van der Waals surface area contributed by atoms with E-state index in [0.29, 0.717) is 42.8 Å². The number of likely N-dealkylation sites (tertiary alicyclic amines) is 1. The highest BCUT2D eigenvalue weighted by Crippen LogP contribution is 2.38. The summed E-state index contributed by atoms with van der Waals surface area (Å²) in [6.45, 7) is 2.38. The first-order valence-corrected chi connectivity index (χ1v) is 11.0. The third-order valence-corrected chi connectivity index (χ3v) is 6.30. The zero-order chi connectivity index (χ0) is 21.4. The Balaban J connectivity index is 1.26. The maximum Gasteiger partial charge on any atom is 0.326 e. The molecule has 2 aromatic carbocycles. The van der Waals surface area contributed by atoms with E-state index in [1.54, 1.807) is 6.07 Å². The van der Waals surface area contributed by atoms with E-state index < -0.39 is 0 Å². The predicted molar refractivity (Wildman–Crippen MR) is 118 cm³/mol. The molecule has 0 aliphatic carbocycles. The van der Waals surface area contributed by atoms with Crippen LogP contribution in [0.3, 0.4) is 0 Å². The van der Waals surface area contributed by atoms with Gasteiger partial charge in [-0.25, -0.2) is 4.79 Å². The molecule has 1 fully saturated rings. The van der Waals surface area contributed by atoms with E-state index >= 15 is 0 Å². The third-order valence-electron chi connectivity index (χ3n) is 6.02. The molecule has 8 heteroatoms. The molecule has 2 aliphatic heterocycles. The van der Waals surface area contributed by atoms with Gasteiger partial charge in [-0.1, -0.05) is 23.7 Å². The quantitative estimate of drug-likeness (QED) is 0.674. The summed E-state index contributed by atoms with van der Waals surface area (Å²) in [4.78, 5) is 30.2. The van der Waals surface area contributed by atoms with Gasteiger partial charge in [0.25, 0.3) is 0 Å². The van der Waals surface area contributed by atoms with Gasteiger partial charge in [-0.3, -0.25) is 9.36 Å². The summed E-state index contributed by atoms with van der Waals surface area (Å²) < 4.78 is 13.2. The van der Waals surface area contributed by atoms with Gasteiger partial charge in [-0.05, 0) is 42.7 Å². The van der Waals surface area contributed by atoms with E-state index in [1.807, 2.05) is 39.8 Å². The van der Waals surface area contributed by atoms with Crippen LogP contribution < -0.4 is 15.2 Å². The van der Waals surface area contributed by atoms with Crippen LogP contribution in [0.15, 0.2) is 41.2 Å². The molecule has 162 valence electrons. The van der Waals surface area contributed by atoms with E-state index in [9.17, 15) is 9.59 Å². The molecule has 0 bridgehead atoms. The maximum atomic E-state index is 12.9. The summed E-state index contributed by atoms with van der Waals surface area (Å²) in [7, 11) is 0. The molecule has 1 aromatic heterocycles. The molecule has 0 unspecified atom stereocenters. The topological polar surface area (TPSA) is 76.6 Å². The van der Waals surface area contributed by atoms with Gasteiger partial charge in [0.1, 0.15) is 0 Å². The molecule has 0 spiro atoms. The fourth-order valence-corrected chi connectivity index (χ4v) is 4.77. The normalized spacial score (nSPS) is 17.0. The molecule has 2 aliphatic rings. The summed E-state index contributed by atoms with van der Waals surface area (Å²) in [6, 6.07) is 11.4. The number of rotatable bonds is 3. The average Bonchev–Trinajstić information content (AvgIpc) is 2.92. The molecule has 1 saturated heterocycles. The minimum absolute atomic E-state index is 0.0512. The van der Waals surface area contributed by atoms with Crippen molar-refractivity contribution in [3.63, 3.8) is 0 Å². The standard InChI is InChI=1S/C23H24ClN3O4/c24-17-12-15(13-20-22(17)31-11-3-10-30-20)14-21(28)26-8-6-16(7-9-26)27-19-5-2-1-4-18(19)25-23(27)29/h1-2,4-5,12-13,16H,3,6-11,14H2,(H,25,29). The zero-order valence-electron chi connectivity index (χ0n) is 17.1. The van der Waals surface area contributed by atoms with Gasteiger partial charge in [0.2, 0.25) is 5.91 Å². The zero-order valence-corrected chi connectivity index (χ0v) is 17.9. The van der Waals surface area contributed by atoms with Crippen molar-refractivity contribution in [2.45, 2.75) is 31.7 Å². The Hall–Kier alpha value is -2.93. The number of H-pyrrole nitrogens is 1. The average molecular weight is 442 g/mol. The molecule has 0 atom stereocenters. The number of carbonyl (C=O) groups excluding carboxylic acids is 1. The van der Waals surface area contributed by atoms with Crippen LogP contribution in [0.5, 0.6) is 11.5 Å². The second-order valence-electron chi connectivity index (χ2n) is 8.06. The van der Waals surface area contributed by atoms with Crippen molar-refractivity contribution in [3.05, 3.63) is 57.5 Å². The second kappa shape index (κ2) is 8.30. The van der Waals surface area contributed by atoms with Crippen molar-refractivity contribution in [2.75, 3.05) is 26.3 Å². The van der Waals surface area contributed by atoms with Gasteiger partial charge in [0.15, 0.2) is 11.5 Å². The van der Waals surface area contributed by atoms with Crippen molar-refractivity contribution in [1.29, 1.82) is 0 Å². The number of aromatic amines is 1. The number of aromatic nitrogens is 2. The van der Waals surface area contributed by atoms with E-state index in [0.717, 1.165) is 35.9 Å². The van der Waals surface area contributed by atoms with Gasteiger partial charge in [-0.2, -0.15) is 0 Å². The van der Waals surface area contributed by atoms with Gasteiger partial charge in [0.05, 0.1) is 35.7 Å². The largest absolute Gasteiger partial charge is 0.489 e. The number of amides is 1. The van der Waals surface area contributed by atoms with Crippen molar-refractivity contribution < 1.29 is 14.3 Å². The van der Waals surface area contributed by atoms with Gasteiger partial charge >= 0.3 is 5.69 Å². The van der Waals surface area contributed by atoms with Crippen molar-refractivity contribution in [2.24, 2.45) is 0 Å². The van der Waals surface area contributed by atoms with Crippen LogP contribution in [-0.4, -0.2) is 46.7 Å². The maximum absolute atomic E-state index is 12.9. The lowest BCUT2D eigenvalue weighted by Gasteiger charge is -2.32. The molecular weight excluding hydrogens is 418 g/mol. The monoisotopic (exact) mass is 441 g/mol. The Morgan fingerprint density at radius 2 is 1.90 bits per heavy atom. The molecule has 5 rings (SSSR count).